The molecule has 9 nitrogen and oxygen atoms in total. The van der Waals surface area contributed by atoms with Gasteiger partial charge in [0.25, 0.3) is 5.56 Å². The Bertz CT molecular complexity index is 1610. The Hall–Kier alpha value is -3.76. The van der Waals surface area contributed by atoms with Crippen LogP contribution in [0.1, 0.15) is 37.9 Å². The van der Waals surface area contributed by atoms with Crippen molar-refractivity contribution in [3.05, 3.63) is 77.4 Å². The van der Waals surface area contributed by atoms with Crippen LogP contribution in [-0.2, 0) is 9.53 Å². The molecule has 0 saturated heterocycles. The number of ether oxygens (including phenoxy) is 4. The number of phenols is 1. The van der Waals surface area contributed by atoms with E-state index in [0.717, 1.165) is 0 Å². The first kappa shape index (κ1) is 27.3. The van der Waals surface area contributed by atoms with Crippen LogP contribution in [0.25, 0.3) is 6.08 Å². The van der Waals surface area contributed by atoms with Crippen LogP contribution in [0.2, 0.25) is 5.02 Å². The van der Waals surface area contributed by atoms with E-state index in [1.807, 2.05) is 6.92 Å². The van der Waals surface area contributed by atoms with E-state index in [9.17, 15) is 14.7 Å². The minimum atomic E-state index is -0.810. The third-order valence-electron chi connectivity index (χ3n) is 5.89. The summed E-state index contributed by atoms with van der Waals surface area (Å²) in [5.74, 6) is 0.443. The Kier molecular flexibility index (Phi) is 8.13. The van der Waals surface area contributed by atoms with Crippen molar-refractivity contribution < 1.29 is 28.8 Å². The minimum absolute atomic E-state index is 0.0865. The number of aromatic nitrogens is 1. The molecule has 1 aliphatic rings. The van der Waals surface area contributed by atoms with Crippen LogP contribution >= 0.6 is 22.9 Å². The van der Waals surface area contributed by atoms with Gasteiger partial charge in [-0.1, -0.05) is 29.0 Å². The first-order valence-corrected chi connectivity index (χ1v) is 13.0. The molecule has 0 fully saturated rings. The molecule has 0 radical (unpaired) electrons. The van der Waals surface area contributed by atoms with Gasteiger partial charge in [-0.15, -0.1) is 0 Å². The average molecular weight is 559 g/mol. The van der Waals surface area contributed by atoms with Crippen molar-refractivity contribution in [2.24, 2.45) is 4.99 Å². The highest BCUT2D eigenvalue weighted by Crippen LogP contribution is 2.37. The van der Waals surface area contributed by atoms with Crippen LogP contribution in [0.5, 0.6) is 23.0 Å². The summed E-state index contributed by atoms with van der Waals surface area (Å²) in [6, 6.07) is 7.57. The summed E-state index contributed by atoms with van der Waals surface area (Å²) in [5.41, 5.74) is 1.53. The first-order chi connectivity index (χ1) is 18.2. The molecule has 11 heteroatoms. The predicted molar refractivity (Wildman–Crippen MR) is 144 cm³/mol. The number of halogens is 1. The second-order valence-electron chi connectivity index (χ2n) is 8.20. The van der Waals surface area contributed by atoms with Crippen molar-refractivity contribution in [2.45, 2.75) is 26.8 Å². The zero-order chi connectivity index (χ0) is 27.6. The Morgan fingerprint density at radius 3 is 2.53 bits per heavy atom. The number of hydrogen-bond acceptors (Lipinski definition) is 9. The second-order valence-corrected chi connectivity index (χ2v) is 9.62. The molecule has 2 aromatic carbocycles. The van der Waals surface area contributed by atoms with Gasteiger partial charge >= 0.3 is 5.97 Å². The molecule has 1 aromatic heterocycles. The lowest BCUT2D eigenvalue weighted by Gasteiger charge is -2.25. The predicted octanol–water partition coefficient (Wildman–Crippen LogP) is 3.57. The lowest BCUT2D eigenvalue weighted by atomic mass is 9.95. The largest absolute Gasteiger partial charge is 0.503 e. The number of phenolic OH excluding ortho intramolecular Hbond substituents is 1. The lowest BCUT2D eigenvalue weighted by molar-refractivity contribution is -0.139. The maximum atomic E-state index is 13.8. The van der Waals surface area contributed by atoms with E-state index < -0.39 is 12.0 Å². The van der Waals surface area contributed by atoms with Crippen LogP contribution < -0.4 is 29.1 Å². The molecular formula is C27H27ClN2O7S. The molecule has 1 aliphatic heterocycles. The van der Waals surface area contributed by atoms with E-state index in [1.165, 1.54) is 29.1 Å². The Morgan fingerprint density at radius 1 is 1.13 bits per heavy atom. The third-order valence-corrected chi connectivity index (χ3v) is 7.16. The average Bonchev–Trinajstić information content (AvgIpc) is 3.19. The highest BCUT2D eigenvalue weighted by Gasteiger charge is 2.34. The molecule has 4 rings (SSSR count). The molecule has 0 unspecified atom stereocenters. The summed E-state index contributed by atoms with van der Waals surface area (Å²) in [4.78, 5) is 31.9. The van der Waals surface area contributed by atoms with Gasteiger partial charge in [0.05, 0.1) is 54.3 Å². The number of carbonyl (C=O) groups is 1. The van der Waals surface area contributed by atoms with Crippen LogP contribution in [-0.4, -0.2) is 43.1 Å². The third kappa shape index (κ3) is 5.01. The number of hydrogen-bond donors (Lipinski definition) is 1. The fourth-order valence-electron chi connectivity index (χ4n) is 4.22. The van der Waals surface area contributed by atoms with E-state index in [1.54, 1.807) is 51.3 Å². The zero-order valence-electron chi connectivity index (χ0n) is 21.5. The summed E-state index contributed by atoms with van der Waals surface area (Å²) in [7, 11) is 2.95. The summed E-state index contributed by atoms with van der Waals surface area (Å²) >= 11 is 7.32. The molecule has 1 atom stereocenters. The molecule has 0 spiro atoms. The van der Waals surface area contributed by atoms with Gasteiger partial charge in [0.15, 0.2) is 27.8 Å². The molecule has 0 aliphatic carbocycles. The first-order valence-electron chi connectivity index (χ1n) is 11.8. The summed E-state index contributed by atoms with van der Waals surface area (Å²) in [6.45, 7) is 5.86. The van der Waals surface area contributed by atoms with Gasteiger partial charge < -0.3 is 24.1 Å². The van der Waals surface area contributed by atoms with Crippen LogP contribution in [0, 0.1) is 0 Å². The van der Waals surface area contributed by atoms with Gasteiger partial charge in [0.2, 0.25) is 0 Å². The van der Waals surface area contributed by atoms with E-state index >= 15 is 0 Å². The van der Waals surface area contributed by atoms with Crippen molar-refractivity contribution in [2.75, 3.05) is 27.4 Å². The number of methoxy groups -OCH3 is 2. The topological polar surface area (TPSA) is 109 Å². The van der Waals surface area contributed by atoms with E-state index in [0.29, 0.717) is 44.3 Å². The number of rotatable bonds is 8. The van der Waals surface area contributed by atoms with Crippen molar-refractivity contribution in [3.63, 3.8) is 0 Å². The molecule has 0 saturated carbocycles. The Labute approximate surface area is 227 Å². The van der Waals surface area contributed by atoms with Crippen molar-refractivity contribution in [1.82, 2.24) is 4.57 Å². The molecular weight excluding hydrogens is 532 g/mol. The number of allylic oxidation sites excluding steroid dienone is 1. The molecule has 2 heterocycles. The number of thiazole rings is 1. The van der Waals surface area contributed by atoms with Gasteiger partial charge in [-0.05, 0) is 62.2 Å². The van der Waals surface area contributed by atoms with Gasteiger partial charge in [0.1, 0.15) is 0 Å². The Balaban J connectivity index is 1.97. The fourth-order valence-corrected chi connectivity index (χ4v) is 5.49. The van der Waals surface area contributed by atoms with Crippen molar-refractivity contribution in [3.8, 4) is 23.0 Å². The molecule has 1 N–H and O–H groups in total. The van der Waals surface area contributed by atoms with Gasteiger partial charge in [0, 0.05) is 0 Å². The number of esters is 1. The normalized spacial score (nSPS) is 15.1. The maximum absolute atomic E-state index is 13.8. The number of nitrogens with zero attached hydrogens (tertiary/aromatic N) is 2. The Morgan fingerprint density at radius 2 is 1.87 bits per heavy atom. The molecule has 3 aromatic rings. The number of fused-ring (bicyclic) bond motifs is 1. The number of carbonyl (C=O) groups excluding carboxylic acids is 1. The highest BCUT2D eigenvalue weighted by molar-refractivity contribution is 7.07. The van der Waals surface area contributed by atoms with E-state index in [4.69, 9.17) is 30.5 Å². The van der Waals surface area contributed by atoms with Crippen molar-refractivity contribution in [1.29, 1.82) is 0 Å². The highest BCUT2D eigenvalue weighted by atomic mass is 35.5. The summed E-state index contributed by atoms with van der Waals surface area (Å²) < 4.78 is 23.5. The smallest absolute Gasteiger partial charge is 0.338 e. The second kappa shape index (κ2) is 11.3. The number of aromatic hydroxyl groups is 1. The molecule has 0 bridgehead atoms. The lowest BCUT2D eigenvalue weighted by Crippen LogP contribution is -2.40. The monoisotopic (exact) mass is 558 g/mol. The quantitative estimate of drug-likeness (QED) is 0.421. The van der Waals surface area contributed by atoms with Gasteiger partial charge in [-0.3, -0.25) is 9.36 Å². The fraction of sp³-hybridized carbons (Fsp3) is 0.296. The number of benzene rings is 2. The standard InChI is InChI=1S/C27H27ClN2O7S/c1-6-36-19-13-16(8-9-18(19)34-4)23-22(26(33)37-7-2)14(3)29-27-30(23)25(32)21(38-27)12-15-10-17(28)24(31)20(11-15)35-5/h8-13,23,31H,6-7H2,1-5H3/b21-12-/t23-/m0/s1. The van der Waals surface area contributed by atoms with Gasteiger partial charge in [-0.2, -0.15) is 0 Å². The maximum Gasteiger partial charge on any atom is 0.338 e. The zero-order valence-corrected chi connectivity index (χ0v) is 23.1. The minimum Gasteiger partial charge on any atom is -0.503 e. The molecule has 38 heavy (non-hydrogen) atoms. The van der Waals surface area contributed by atoms with E-state index in [-0.39, 0.29) is 34.3 Å². The SMILES string of the molecule is CCOC(=O)C1=C(C)N=c2s/c(=C\c3cc(Cl)c(O)c(OC)c3)c(=O)n2[C@H]1c1ccc(OC)c(OCC)c1. The molecule has 200 valence electrons. The van der Waals surface area contributed by atoms with Crippen LogP contribution in [0.4, 0.5) is 0 Å². The van der Waals surface area contributed by atoms with Crippen LogP contribution in [0.3, 0.4) is 0 Å². The molecule has 0 amide bonds. The summed E-state index contributed by atoms with van der Waals surface area (Å²) in [5, 5.41) is 10.2. The van der Waals surface area contributed by atoms with Crippen LogP contribution in [0.15, 0.2) is 51.4 Å². The van der Waals surface area contributed by atoms with Gasteiger partial charge in [-0.25, -0.2) is 9.79 Å². The summed E-state index contributed by atoms with van der Waals surface area (Å²) in [6.07, 6.45) is 1.64. The van der Waals surface area contributed by atoms with E-state index in [2.05, 4.69) is 4.99 Å². The van der Waals surface area contributed by atoms with Crippen molar-refractivity contribution >= 4 is 35.0 Å².